The van der Waals surface area contributed by atoms with Crippen LogP contribution in [0.1, 0.15) is 43.6 Å². The van der Waals surface area contributed by atoms with Crippen LogP contribution in [0.4, 0.5) is 0 Å². The smallest absolute Gasteiger partial charge is 0.339 e. The van der Waals surface area contributed by atoms with E-state index in [9.17, 15) is 4.79 Å². The van der Waals surface area contributed by atoms with Gasteiger partial charge in [-0.3, -0.25) is 4.98 Å². The van der Waals surface area contributed by atoms with Crippen LogP contribution < -0.4 is 0 Å². The average molecular weight is 235 g/mol. The highest BCUT2D eigenvalue weighted by atomic mass is 16.5. The van der Waals surface area contributed by atoms with Gasteiger partial charge in [0.05, 0.1) is 12.2 Å². The number of pyridine rings is 1. The molecule has 0 N–H and O–H groups in total. The second kappa shape index (κ2) is 6.38. The van der Waals surface area contributed by atoms with Crippen LogP contribution >= 0.6 is 0 Å². The summed E-state index contributed by atoms with van der Waals surface area (Å²) in [7, 11) is 0. The summed E-state index contributed by atoms with van der Waals surface area (Å²) in [6.45, 7) is 8.77. The standard InChI is InChI=1S/C14H21NO2/c1-10(2)5-12-6-13(8-15-7-12)14(16)17-9-11(3)4/h6-8,10-11H,5,9H2,1-4H3. The van der Waals surface area contributed by atoms with Gasteiger partial charge >= 0.3 is 5.97 Å². The van der Waals surface area contributed by atoms with Crippen LogP contribution in [0.25, 0.3) is 0 Å². The predicted molar refractivity (Wildman–Crippen MR) is 67.9 cm³/mol. The van der Waals surface area contributed by atoms with Crippen molar-refractivity contribution in [3.63, 3.8) is 0 Å². The maximum Gasteiger partial charge on any atom is 0.339 e. The van der Waals surface area contributed by atoms with E-state index in [2.05, 4.69) is 18.8 Å². The maximum absolute atomic E-state index is 11.7. The molecule has 0 saturated carbocycles. The Bertz CT molecular complexity index is 372. The summed E-state index contributed by atoms with van der Waals surface area (Å²) < 4.78 is 5.17. The molecule has 0 atom stereocenters. The summed E-state index contributed by atoms with van der Waals surface area (Å²) in [5, 5.41) is 0. The Morgan fingerprint density at radius 1 is 1.24 bits per heavy atom. The monoisotopic (exact) mass is 235 g/mol. The highest BCUT2D eigenvalue weighted by Gasteiger charge is 2.09. The molecule has 0 aliphatic rings. The summed E-state index contributed by atoms with van der Waals surface area (Å²) in [5.74, 6) is 0.626. The van der Waals surface area contributed by atoms with Gasteiger partial charge < -0.3 is 4.74 Å². The summed E-state index contributed by atoms with van der Waals surface area (Å²) in [4.78, 5) is 15.8. The summed E-state index contributed by atoms with van der Waals surface area (Å²) in [6.07, 6.45) is 4.30. The third-order valence-corrected chi connectivity index (χ3v) is 2.22. The molecule has 0 saturated heterocycles. The van der Waals surface area contributed by atoms with E-state index in [1.807, 2.05) is 19.9 Å². The molecule has 0 aliphatic heterocycles. The molecule has 17 heavy (non-hydrogen) atoms. The van der Waals surface area contributed by atoms with Gasteiger partial charge in [-0.05, 0) is 29.9 Å². The number of esters is 1. The summed E-state index contributed by atoms with van der Waals surface area (Å²) in [6, 6.07) is 1.87. The van der Waals surface area contributed by atoms with E-state index < -0.39 is 0 Å². The van der Waals surface area contributed by atoms with Crippen molar-refractivity contribution in [1.82, 2.24) is 4.98 Å². The van der Waals surface area contributed by atoms with Gasteiger partial charge in [-0.15, -0.1) is 0 Å². The van der Waals surface area contributed by atoms with Crippen LogP contribution in [0.15, 0.2) is 18.5 Å². The third-order valence-electron chi connectivity index (χ3n) is 2.22. The molecular weight excluding hydrogens is 214 g/mol. The minimum Gasteiger partial charge on any atom is -0.462 e. The molecule has 0 aromatic carbocycles. The van der Waals surface area contributed by atoms with Crippen LogP contribution in [0.5, 0.6) is 0 Å². The number of hydrogen-bond acceptors (Lipinski definition) is 3. The molecule has 1 aromatic rings. The zero-order chi connectivity index (χ0) is 12.8. The Morgan fingerprint density at radius 2 is 1.94 bits per heavy atom. The number of ether oxygens (including phenoxy) is 1. The molecule has 3 nitrogen and oxygen atoms in total. The first-order valence-electron chi connectivity index (χ1n) is 6.10. The largest absolute Gasteiger partial charge is 0.462 e. The molecule has 0 fully saturated rings. The van der Waals surface area contributed by atoms with Crippen LogP contribution in [-0.4, -0.2) is 17.6 Å². The van der Waals surface area contributed by atoms with Crippen molar-refractivity contribution in [3.8, 4) is 0 Å². The van der Waals surface area contributed by atoms with Gasteiger partial charge in [0, 0.05) is 12.4 Å². The molecule has 0 radical (unpaired) electrons. The molecule has 0 bridgehead atoms. The first-order valence-corrected chi connectivity index (χ1v) is 6.10. The van der Waals surface area contributed by atoms with E-state index >= 15 is 0 Å². The lowest BCUT2D eigenvalue weighted by atomic mass is 10.0. The minimum atomic E-state index is -0.281. The Balaban J connectivity index is 2.67. The minimum absolute atomic E-state index is 0.281. The molecule has 94 valence electrons. The van der Waals surface area contributed by atoms with E-state index in [1.54, 1.807) is 12.4 Å². The van der Waals surface area contributed by atoms with Crippen molar-refractivity contribution in [2.45, 2.75) is 34.1 Å². The highest BCUT2D eigenvalue weighted by molar-refractivity contribution is 5.89. The molecule has 0 aliphatic carbocycles. The maximum atomic E-state index is 11.7. The lowest BCUT2D eigenvalue weighted by Crippen LogP contribution is -2.11. The first-order chi connectivity index (χ1) is 7.99. The van der Waals surface area contributed by atoms with E-state index in [4.69, 9.17) is 4.74 Å². The highest BCUT2D eigenvalue weighted by Crippen LogP contribution is 2.10. The average Bonchev–Trinajstić information content (AvgIpc) is 2.25. The van der Waals surface area contributed by atoms with Gasteiger partial charge in [0.15, 0.2) is 0 Å². The van der Waals surface area contributed by atoms with Crippen molar-refractivity contribution in [2.24, 2.45) is 11.8 Å². The van der Waals surface area contributed by atoms with Gasteiger partial charge in [0.2, 0.25) is 0 Å². The van der Waals surface area contributed by atoms with Gasteiger partial charge in [0.1, 0.15) is 0 Å². The van der Waals surface area contributed by atoms with Gasteiger partial charge in [-0.1, -0.05) is 27.7 Å². The molecule has 0 spiro atoms. The Morgan fingerprint density at radius 3 is 2.53 bits per heavy atom. The summed E-state index contributed by atoms with van der Waals surface area (Å²) in [5.41, 5.74) is 1.63. The normalized spacial score (nSPS) is 10.9. The number of rotatable bonds is 5. The van der Waals surface area contributed by atoms with Gasteiger partial charge in [-0.25, -0.2) is 4.79 Å². The number of aromatic nitrogens is 1. The molecular formula is C14H21NO2. The molecule has 0 amide bonds. The molecule has 0 unspecified atom stereocenters. The van der Waals surface area contributed by atoms with E-state index in [-0.39, 0.29) is 5.97 Å². The zero-order valence-corrected chi connectivity index (χ0v) is 11.1. The Kier molecular flexibility index (Phi) is 5.13. The van der Waals surface area contributed by atoms with Crippen molar-refractivity contribution < 1.29 is 9.53 Å². The van der Waals surface area contributed by atoms with Gasteiger partial charge in [-0.2, -0.15) is 0 Å². The fraction of sp³-hybridized carbons (Fsp3) is 0.571. The third kappa shape index (κ3) is 4.98. The van der Waals surface area contributed by atoms with Crippen molar-refractivity contribution >= 4 is 5.97 Å². The van der Waals surface area contributed by atoms with Crippen LogP contribution in [0.2, 0.25) is 0 Å². The van der Waals surface area contributed by atoms with Crippen LogP contribution in [-0.2, 0) is 11.2 Å². The lowest BCUT2D eigenvalue weighted by Gasteiger charge is -2.08. The molecule has 3 heteroatoms. The second-order valence-electron chi connectivity index (χ2n) is 5.17. The van der Waals surface area contributed by atoms with Crippen molar-refractivity contribution in [2.75, 3.05) is 6.61 Å². The second-order valence-corrected chi connectivity index (χ2v) is 5.17. The van der Waals surface area contributed by atoms with Crippen molar-refractivity contribution in [1.29, 1.82) is 0 Å². The fourth-order valence-corrected chi connectivity index (χ4v) is 1.51. The molecule has 1 heterocycles. The SMILES string of the molecule is CC(C)COC(=O)c1cncc(CC(C)C)c1. The Labute approximate surface area is 103 Å². The van der Waals surface area contributed by atoms with E-state index in [1.165, 1.54) is 0 Å². The first kappa shape index (κ1) is 13.7. The number of carbonyl (C=O) groups excluding carboxylic acids is 1. The van der Waals surface area contributed by atoms with Crippen LogP contribution in [0, 0.1) is 11.8 Å². The number of nitrogens with zero attached hydrogens (tertiary/aromatic N) is 1. The topological polar surface area (TPSA) is 39.2 Å². The number of carbonyl (C=O) groups is 1. The fourth-order valence-electron chi connectivity index (χ4n) is 1.51. The Hall–Kier alpha value is -1.38. The predicted octanol–water partition coefficient (Wildman–Crippen LogP) is 3.09. The molecule has 1 rings (SSSR count). The molecule has 1 aromatic heterocycles. The van der Waals surface area contributed by atoms with E-state index in [0.717, 1.165) is 12.0 Å². The van der Waals surface area contributed by atoms with Crippen molar-refractivity contribution in [3.05, 3.63) is 29.6 Å². The summed E-state index contributed by atoms with van der Waals surface area (Å²) >= 11 is 0. The van der Waals surface area contributed by atoms with E-state index in [0.29, 0.717) is 24.0 Å². The van der Waals surface area contributed by atoms with Crippen LogP contribution in [0.3, 0.4) is 0 Å². The number of hydrogen-bond donors (Lipinski definition) is 0. The zero-order valence-electron chi connectivity index (χ0n) is 11.1. The van der Waals surface area contributed by atoms with Gasteiger partial charge in [0.25, 0.3) is 0 Å². The quantitative estimate of drug-likeness (QED) is 0.736. The lowest BCUT2D eigenvalue weighted by molar-refractivity contribution is 0.0458.